The van der Waals surface area contributed by atoms with Crippen LogP contribution >= 0.6 is 23.4 Å². The van der Waals surface area contributed by atoms with Crippen molar-refractivity contribution < 1.29 is 13.6 Å². The number of fused-ring (bicyclic) bond motifs is 1. The van der Waals surface area contributed by atoms with Crippen molar-refractivity contribution in [1.82, 2.24) is 9.55 Å². The van der Waals surface area contributed by atoms with Crippen LogP contribution in [0.25, 0.3) is 16.6 Å². The van der Waals surface area contributed by atoms with Crippen LogP contribution in [0, 0.1) is 18.6 Å². The maximum atomic E-state index is 13.4. The Hall–Kier alpha value is -3.23. The zero-order valence-corrected chi connectivity index (χ0v) is 18.3. The maximum Gasteiger partial charge on any atom is 0.266 e. The maximum absolute atomic E-state index is 13.4. The number of nitrogens with one attached hydrogen (secondary N) is 1. The van der Waals surface area contributed by atoms with Crippen LogP contribution in [0.15, 0.2) is 70.6 Å². The molecule has 0 spiro atoms. The van der Waals surface area contributed by atoms with E-state index in [9.17, 15) is 18.4 Å². The molecule has 4 rings (SSSR count). The van der Waals surface area contributed by atoms with E-state index in [1.807, 2.05) is 6.92 Å². The van der Waals surface area contributed by atoms with Gasteiger partial charge in [-0.05, 0) is 48.9 Å². The Morgan fingerprint density at radius 3 is 2.62 bits per heavy atom. The number of carbonyl (C=O) groups is 1. The van der Waals surface area contributed by atoms with Gasteiger partial charge in [-0.25, -0.2) is 13.8 Å². The minimum absolute atomic E-state index is 0.108. The highest BCUT2D eigenvalue weighted by molar-refractivity contribution is 7.99. The molecule has 0 saturated carbocycles. The van der Waals surface area contributed by atoms with Gasteiger partial charge in [0.1, 0.15) is 0 Å². The summed E-state index contributed by atoms with van der Waals surface area (Å²) in [5, 5.41) is 3.73. The molecule has 1 aromatic heterocycles. The van der Waals surface area contributed by atoms with Crippen LogP contribution in [0.4, 0.5) is 14.5 Å². The topological polar surface area (TPSA) is 64.0 Å². The van der Waals surface area contributed by atoms with E-state index < -0.39 is 17.5 Å². The number of anilines is 1. The van der Waals surface area contributed by atoms with E-state index in [0.717, 1.165) is 29.5 Å². The van der Waals surface area contributed by atoms with Gasteiger partial charge in [0, 0.05) is 16.8 Å². The first-order valence-corrected chi connectivity index (χ1v) is 10.9. The van der Waals surface area contributed by atoms with Gasteiger partial charge in [0.2, 0.25) is 5.91 Å². The molecule has 1 amide bonds. The number of carbonyl (C=O) groups excluding carboxylic acids is 1. The molecule has 0 aliphatic rings. The highest BCUT2D eigenvalue weighted by atomic mass is 35.5. The first-order valence-electron chi connectivity index (χ1n) is 9.49. The summed E-state index contributed by atoms with van der Waals surface area (Å²) in [6.07, 6.45) is 0. The molecule has 5 nitrogen and oxygen atoms in total. The van der Waals surface area contributed by atoms with E-state index in [4.69, 9.17) is 11.6 Å². The van der Waals surface area contributed by atoms with E-state index in [2.05, 4.69) is 10.3 Å². The molecule has 162 valence electrons. The van der Waals surface area contributed by atoms with Crippen LogP contribution in [-0.2, 0) is 4.79 Å². The molecule has 0 radical (unpaired) electrons. The molecule has 0 bridgehead atoms. The van der Waals surface area contributed by atoms with Crippen molar-refractivity contribution in [3.05, 3.63) is 93.2 Å². The van der Waals surface area contributed by atoms with Gasteiger partial charge in [-0.15, -0.1) is 0 Å². The number of rotatable bonds is 5. The highest BCUT2D eigenvalue weighted by Crippen LogP contribution is 2.25. The van der Waals surface area contributed by atoms with Crippen molar-refractivity contribution in [3.63, 3.8) is 0 Å². The van der Waals surface area contributed by atoms with E-state index in [1.165, 1.54) is 10.6 Å². The lowest BCUT2D eigenvalue weighted by atomic mass is 10.2. The van der Waals surface area contributed by atoms with Crippen LogP contribution in [0.3, 0.4) is 0 Å². The first kappa shape index (κ1) is 22.0. The average molecular weight is 472 g/mol. The SMILES string of the molecule is Cc1ccc(-n2c(SCC(=O)Nc3ccc(F)c(F)c3)nc3ccccc3c2=O)cc1Cl. The van der Waals surface area contributed by atoms with Crippen molar-refractivity contribution in [1.29, 1.82) is 0 Å². The number of aryl methyl sites for hydroxylation is 1. The van der Waals surface area contributed by atoms with Gasteiger partial charge in [-0.2, -0.15) is 0 Å². The normalized spacial score (nSPS) is 11.0. The Bertz CT molecular complexity index is 1410. The summed E-state index contributed by atoms with van der Waals surface area (Å²) < 4.78 is 27.9. The fourth-order valence-electron chi connectivity index (χ4n) is 3.06. The highest BCUT2D eigenvalue weighted by Gasteiger charge is 2.16. The fraction of sp³-hybridized carbons (Fsp3) is 0.0870. The van der Waals surface area contributed by atoms with Crippen LogP contribution in [0.5, 0.6) is 0 Å². The third-order valence-electron chi connectivity index (χ3n) is 4.69. The zero-order valence-electron chi connectivity index (χ0n) is 16.7. The average Bonchev–Trinajstić information content (AvgIpc) is 2.77. The number of nitrogens with zero attached hydrogens (tertiary/aromatic N) is 2. The monoisotopic (exact) mass is 471 g/mol. The second-order valence-corrected chi connectivity index (χ2v) is 8.30. The second-order valence-electron chi connectivity index (χ2n) is 6.95. The number of benzene rings is 3. The number of thioether (sulfide) groups is 1. The quantitative estimate of drug-likeness (QED) is 0.314. The van der Waals surface area contributed by atoms with Crippen molar-refractivity contribution >= 4 is 45.9 Å². The van der Waals surface area contributed by atoms with Crippen molar-refractivity contribution in [3.8, 4) is 5.69 Å². The van der Waals surface area contributed by atoms with E-state index in [0.29, 0.717) is 26.8 Å². The van der Waals surface area contributed by atoms with Crippen LogP contribution in [0.2, 0.25) is 5.02 Å². The number of halogens is 3. The minimum Gasteiger partial charge on any atom is -0.325 e. The third kappa shape index (κ3) is 4.51. The first-order chi connectivity index (χ1) is 15.3. The van der Waals surface area contributed by atoms with Gasteiger partial charge in [0.25, 0.3) is 5.56 Å². The molecule has 32 heavy (non-hydrogen) atoms. The van der Waals surface area contributed by atoms with Gasteiger partial charge < -0.3 is 5.32 Å². The predicted octanol–water partition coefficient (Wildman–Crippen LogP) is 5.36. The number of hydrogen-bond acceptors (Lipinski definition) is 4. The van der Waals surface area contributed by atoms with Crippen molar-refractivity contribution in [2.24, 2.45) is 0 Å². The standard InChI is InChI=1S/C23H16ClF2N3O2S/c1-13-6-8-15(11-17(13)24)29-22(31)16-4-2-3-5-20(16)28-23(29)32-12-21(30)27-14-7-9-18(25)19(26)10-14/h2-11H,12H2,1H3,(H,27,30). The Morgan fingerprint density at radius 2 is 1.88 bits per heavy atom. The van der Waals surface area contributed by atoms with Crippen molar-refractivity contribution in [2.75, 3.05) is 11.1 Å². The lowest BCUT2D eigenvalue weighted by Gasteiger charge is -2.14. The molecule has 4 aromatic rings. The van der Waals surface area contributed by atoms with Gasteiger partial charge in [0.05, 0.1) is 22.3 Å². The van der Waals surface area contributed by atoms with Crippen LogP contribution in [-0.4, -0.2) is 21.2 Å². The second kappa shape index (κ2) is 9.10. The molecule has 0 unspecified atom stereocenters. The Kier molecular flexibility index (Phi) is 6.25. The Morgan fingerprint density at radius 1 is 1.09 bits per heavy atom. The van der Waals surface area contributed by atoms with Crippen molar-refractivity contribution in [2.45, 2.75) is 12.1 Å². The Labute approximate surface area is 191 Å². The minimum atomic E-state index is -1.06. The summed E-state index contributed by atoms with van der Waals surface area (Å²) in [7, 11) is 0. The summed E-state index contributed by atoms with van der Waals surface area (Å²) in [5.41, 5.74) is 1.71. The molecule has 0 aliphatic heterocycles. The number of hydrogen-bond donors (Lipinski definition) is 1. The van der Waals surface area contributed by atoms with Gasteiger partial charge in [-0.3, -0.25) is 14.2 Å². The molecular weight excluding hydrogens is 456 g/mol. The van der Waals surface area contributed by atoms with E-state index >= 15 is 0 Å². The smallest absolute Gasteiger partial charge is 0.266 e. The van der Waals surface area contributed by atoms with Crippen LogP contribution < -0.4 is 10.9 Å². The summed E-state index contributed by atoms with van der Waals surface area (Å²) in [5.74, 6) is -2.63. The zero-order chi connectivity index (χ0) is 22.8. The van der Waals surface area contributed by atoms with Gasteiger partial charge in [-0.1, -0.05) is 41.6 Å². The molecule has 3 aromatic carbocycles. The molecule has 0 saturated heterocycles. The Balaban J connectivity index is 1.67. The van der Waals surface area contributed by atoms with Gasteiger partial charge in [0.15, 0.2) is 16.8 Å². The lowest BCUT2D eigenvalue weighted by molar-refractivity contribution is -0.113. The number of amides is 1. The van der Waals surface area contributed by atoms with E-state index in [-0.39, 0.29) is 17.0 Å². The van der Waals surface area contributed by atoms with E-state index in [1.54, 1.807) is 42.5 Å². The lowest BCUT2D eigenvalue weighted by Crippen LogP contribution is -2.23. The molecule has 0 atom stereocenters. The number of para-hydroxylation sites is 1. The number of aromatic nitrogens is 2. The summed E-state index contributed by atoms with van der Waals surface area (Å²) in [4.78, 5) is 30.2. The molecule has 1 heterocycles. The molecular formula is C23H16ClF2N3O2S. The molecule has 0 fully saturated rings. The van der Waals surface area contributed by atoms with Gasteiger partial charge >= 0.3 is 0 Å². The fourth-order valence-corrected chi connectivity index (χ4v) is 4.05. The summed E-state index contributed by atoms with van der Waals surface area (Å²) >= 11 is 7.31. The molecule has 0 aliphatic carbocycles. The molecule has 1 N–H and O–H groups in total. The predicted molar refractivity (Wildman–Crippen MR) is 123 cm³/mol. The molecule has 9 heteroatoms. The summed E-state index contributed by atoms with van der Waals surface area (Å²) in [6, 6.07) is 15.2. The largest absolute Gasteiger partial charge is 0.325 e. The van der Waals surface area contributed by atoms with Crippen LogP contribution in [0.1, 0.15) is 5.56 Å². The summed E-state index contributed by atoms with van der Waals surface area (Å²) in [6.45, 7) is 1.85. The third-order valence-corrected chi connectivity index (χ3v) is 6.04.